The van der Waals surface area contributed by atoms with Gasteiger partial charge in [0.15, 0.2) is 0 Å². The number of hydrogen-bond acceptors (Lipinski definition) is 3. The van der Waals surface area contributed by atoms with Gasteiger partial charge in [-0.3, -0.25) is 4.79 Å². The molecule has 3 aromatic rings. The van der Waals surface area contributed by atoms with Gasteiger partial charge in [-0.1, -0.05) is 53.6 Å². The zero-order valence-electron chi connectivity index (χ0n) is 12.8. The number of aryl methyl sites for hydroxylation is 2. The molecule has 1 heterocycles. The Hall–Kier alpha value is -2.17. The third kappa shape index (κ3) is 3.28. The number of hydrogen-bond donors (Lipinski definition) is 1. The van der Waals surface area contributed by atoms with Crippen LogP contribution in [0.15, 0.2) is 47.6 Å². The predicted molar refractivity (Wildman–Crippen MR) is 97.8 cm³/mol. The van der Waals surface area contributed by atoms with Crippen molar-refractivity contribution in [1.29, 1.82) is 0 Å². The Kier molecular flexibility index (Phi) is 4.46. The van der Waals surface area contributed by atoms with Gasteiger partial charge in [0.05, 0.1) is 11.2 Å². The molecule has 3 nitrogen and oxygen atoms in total. The second kappa shape index (κ2) is 6.52. The van der Waals surface area contributed by atoms with E-state index in [9.17, 15) is 4.79 Å². The minimum atomic E-state index is -0.294. The fourth-order valence-electron chi connectivity index (χ4n) is 2.34. The van der Waals surface area contributed by atoms with Gasteiger partial charge in [-0.15, -0.1) is 11.3 Å². The normalized spacial score (nSPS) is 11.3. The largest absolute Gasteiger partial charge is 0.283 e. The van der Waals surface area contributed by atoms with E-state index in [4.69, 9.17) is 11.6 Å². The molecule has 0 aliphatic rings. The van der Waals surface area contributed by atoms with E-state index < -0.39 is 0 Å². The smallest absolute Gasteiger partial charge is 0.266 e. The number of rotatable bonds is 3. The number of carbonyl (C=O) groups is 1. The number of thiophene rings is 1. The predicted octanol–water partition coefficient (Wildman–Crippen LogP) is 4.94. The molecule has 5 heteroatoms. The third-order valence-corrected chi connectivity index (χ3v) is 5.21. The van der Waals surface area contributed by atoms with Gasteiger partial charge in [0.25, 0.3) is 5.91 Å². The number of fused-ring (bicyclic) bond motifs is 1. The number of nitrogens with one attached hydrogen (secondary N) is 1. The number of amides is 1. The molecule has 0 unspecified atom stereocenters. The number of carbonyl (C=O) groups excluding carboxylic acids is 1. The Morgan fingerprint density at radius 3 is 2.74 bits per heavy atom. The SMILES string of the molecule is Cc1ccc(C=NNC(=O)c2sc3ccccc3c2Cl)c(C)c1. The first kappa shape index (κ1) is 15.7. The average molecular weight is 343 g/mol. The minimum Gasteiger partial charge on any atom is -0.266 e. The zero-order chi connectivity index (χ0) is 16.4. The summed E-state index contributed by atoms with van der Waals surface area (Å²) in [5.41, 5.74) is 5.83. The second-order valence-corrected chi connectivity index (χ2v) is 6.73. The Morgan fingerprint density at radius 1 is 1.22 bits per heavy atom. The molecule has 0 fully saturated rings. The maximum Gasteiger partial charge on any atom is 0.283 e. The summed E-state index contributed by atoms with van der Waals surface area (Å²) in [7, 11) is 0. The maximum atomic E-state index is 12.3. The van der Waals surface area contributed by atoms with E-state index in [0.717, 1.165) is 21.2 Å². The summed E-state index contributed by atoms with van der Waals surface area (Å²) in [5, 5.41) is 5.41. The summed E-state index contributed by atoms with van der Waals surface area (Å²) >= 11 is 7.65. The van der Waals surface area contributed by atoms with Crippen LogP contribution < -0.4 is 5.43 Å². The summed E-state index contributed by atoms with van der Waals surface area (Å²) in [6, 6.07) is 13.7. The van der Waals surface area contributed by atoms with Crippen LogP contribution in [0.5, 0.6) is 0 Å². The number of halogens is 1. The summed E-state index contributed by atoms with van der Waals surface area (Å²) in [4.78, 5) is 12.7. The molecule has 23 heavy (non-hydrogen) atoms. The molecule has 0 bridgehead atoms. The molecule has 0 saturated carbocycles. The third-order valence-electron chi connectivity index (χ3n) is 3.54. The van der Waals surface area contributed by atoms with Crippen molar-refractivity contribution in [2.24, 2.45) is 5.10 Å². The molecule has 0 atom stereocenters. The molecular weight excluding hydrogens is 328 g/mol. The van der Waals surface area contributed by atoms with Gasteiger partial charge in [-0.2, -0.15) is 5.10 Å². The van der Waals surface area contributed by atoms with E-state index in [1.54, 1.807) is 6.21 Å². The lowest BCUT2D eigenvalue weighted by Crippen LogP contribution is -2.16. The molecule has 0 saturated heterocycles. The lowest BCUT2D eigenvalue weighted by molar-refractivity contribution is 0.0959. The molecule has 0 radical (unpaired) electrons. The first-order valence-corrected chi connectivity index (χ1v) is 8.33. The van der Waals surface area contributed by atoms with Crippen LogP contribution in [-0.4, -0.2) is 12.1 Å². The number of hydrazone groups is 1. The van der Waals surface area contributed by atoms with Crippen LogP contribution >= 0.6 is 22.9 Å². The van der Waals surface area contributed by atoms with Crippen molar-refractivity contribution in [3.05, 3.63) is 69.1 Å². The van der Waals surface area contributed by atoms with Crippen LogP contribution in [0.3, 0.4) is 0 Å². The highest BCUT2D eigenvalue weighted by Crippen LogP contribution is 2.34. The van der Waals surface area contributed by atoms with E-state index in [-0.39, 0.29) is 5.91 Å². The quantitative estimate of drug-likeness (QED) is 0.532. The van der Waals surface area contributed by atoms with Crippen molar-refractivity contribution in [3.63, 3.8) is 0 Å². The zero-order valence-corrected chi connectivity index (χ0v) is 14.3. The van der Waals surface area contributed by atoms with Crippen LogP contribution in [0.2, 0.25) is 5.02 Å². The van der Waals surface area contributed by atoms with Gasteiger partial charge in [-0.05, 0) is 31.0 Å². The van der Waals surface area contributed by atoms with Crippen molar-refractivity contribution in [2.45, 2.75) is 13.8 Å². The van der Waals surface area contributed by atoms with Gasteiger partial charge in [0, 0.05) is 10.1 Å². The van der Waals surface area contributed by atoms with Crippen LogP contribution in [-0.2, 0) is 0 Å². The summed E-state index contributed by atoms with van der Waals surface area (Å²) in [5.74, 6) is -0.294. The Bertz CT molecular complexity index is 915. The molecule has 0 spiro atoms. The second-order valence-electron chi connectivity index (χ2n) is 5.30. The van der Waals surface area contributed by atoms with Crippen LogP contribution in [0.25, 0.3) is 10.1 Å². The van der Waals surface area contributed by atoms with Crippen LogP contribution in [0.1, 0.15) is 26.4 Å². The fourth-order valence-corrected chi connectivity index (χ4v) is 3.75. The molecule has 1 N–H and O–H groups in total. The average Bonchev–Trinajstić information content (AvgIpc) is 2.87. The molecule has 1 aromatic heterocycles. The molecule has 2 aromatic carbocycles. The highest BCUT2D eigenvalue weighted by atomic mass is 35.5. The highest BCUT2D eigenvalue weighted by Gasteiger charge is 2.16. The first-order valence-electron chi connectivity index (χ1n) is 7.14. The van der Waals surface area contributed by atoms with Gasteiger partial charge in [0.1, 0.15) is 4.88 Å². The van der Waals surface area contributed by atoms with Gasteiger partial charge in [-0.25, -0.2) is 5.43 Å². The molecule has 0 aliphatic heterocycles. The van der Waals surface area contributed by atoms with E-state index in [1.165, 1.54) is 16.9 Å². The monoisotopic (exact) mass is 342 g/mol. The van der Waals surface area contributed by atoms with E-state index >= 15 is 0 Å². The van der Waals surface area contributed by atoms with Gasteiger partial charge >= 0.3 is 0 Å². The maximum absolute atomic E-state index is 12.3. The van der Waals surface area contributed by atoms with Crippen molar-refractivity contribution >= 4 is 45.1 Å². The molecule has 116 valence electrons. The van der Waals surface area contributed by atoms with E-state index in [0.29, 0.717) is 9.90 Å². The summed E-state index contributed by atoms with van der Waals surface area (Å²) in [6.07, 6.45) is 1.65. The van der Waals surface area contributed by atoms with E-state index in [2.05, 4.69) is 16.6 Å². The Balaban J connectivity index is 1.78. The molecule has 1 amide bonds. The number of benzene rings is 2. The van der Waals surface area contributed by atoms with Crippen LogP contribution in [0, 0.1) is 13.8 Å². The van der Waals surface area contributed by atoms with Crippen molar-refractivity contribution in [1.82, 2.24) is 5.43 Å². The Labute approximate surface area is 143 Å². The van der Waals surface area contributed by atoms with Crippen molar-refractivity contribution < 1.29 is 4.79 Å². The lowest BCUT2D eigenvalue weighted by Gasteiger charge is -2.01. The number of nitrogens with zero attached hydrogens (tertiary/aromatic N) is 1. The fraction of sp³-hybridized carbons (Fsp3) is 0.111. The van der Waals surface area contributed by atoms with Crippen molar-refractivity contribution in [3.8, 4) is 0 Å². The Morgan fingerprint density at radius 2 is 2.00 bits per heavy atom. The summed E-state index contributed by atoms with van der Waals surface area (Å²) < 4.78 is 0.987. The van der Waals surface area contributed by atoms with Gasteiger partial charge in [0.2, 0.25) is 0 Å². The van der Waals surface area contributed by atoms with Gasteiger partial charge < -0.3 is 0 Å². The lowest BCUT2D eigenvalue weighted by atomic mass is 10.1. The van der Waals surface area contributed by atoms with Crippen LogP contribution in [0.4, 0.5) is 0 Å². The summed E-state index contributed by atoms with van der Waals surface area (Å²) in [6.45, 7) is 4.05. The molecule has 0 aliphatic carbocycles. The topological polar surface area (TPSA) is 41.5 Å². The minimum absolute atomic E-state index is 0.294. The molecular formula is C18H15ClN2OS. The standard InChI is InChI=1S/C18H15ClN2OS/c1-11-7-8-13(12(2)9-11)10-20-21-18(22)17-16(19)14-5-3-4-6-15(14)23-17/h3-10H,1-2H3,(H,21,22). The first-order chi connectivity index (χ1) is 11.1. The molecule has 3 rings (SSSR count). The van der Waals surface area contributed by atoms with Crippen molar-refractivity contribution in [2.75, 3.05) is 0 Å². The van der Waals surface area contributed by atoms with E-state index in [1.807, 2.05) is 50.2 Å². The highest BCUT2D eigenvalue weighted by molar-refractivity contribution is 7.21.